The molecule has 1 saturated heterocycles. The number of rotatable bonds is 10. The van der Waals surface area contributed by atoms with Crippen LogP contribution in [0.2, 0.25) is 0 Å². The van der Waals surface area contributed by atoms with Crippen molar-refractivity contribution in [3.05, 3.63) is 0 Å². The number of hydrogen-bond acceptors (Lipinski definition) is 3. The van der Waals surface area contributed by atoms with Crippen LogP contribution in [0.15, 0.2) is 0 Å². The van der Waals surface area contributed by atoms with E-state index in [1.807, 2.05) is 0 Å². The van der Waals surface area contributed by atoms with Gasteiger partial charge in [-0.25, -0.2) is 0 Å². The van der Waals surface area contributed by atoms with E-state index in [0.717, 1.165) is 13.2 Å². The Kier molecular flexibility index (Phi) is 8.86. The molecule has 0 saturated carbocycles. The molecular formula is C16H31NO3. The van der Waals surface area contributed by atoms with Crippen molar-refractivity contribution in [2.45, 2.75) is 77.3 Å². The number of carboxylic acids is 1. The fourth-order valence-corrected chi connectivity index (χ4v) is 3.00. The van der Waals surface area contributed by atoms with Gasteiger partial charge in [0.2, 0.25) is 0 Å². The number of carbonyl (C=O) groups is 1. The van der Waals surface area contributed by atoms with Crippen molar-refractivity contribution in [2.75, 3.05) is 19.8 Å². The largest absolute Gasteiger partial charge is 0.481 e. The number of hydrogen-bond donors (Lipinski definition) is 1. The normalized spacial score (nSPS) is 21.8. The third-order valence-corrected chi connectivity index (χ3v) is 4.26. The van der Waals surface area contributed by atoms with Gasteiger partial charge in [0.1, 0.15) is 0 Å². The molecule has 0 radical (unpaired) electrons. The molecule has 2 atom stereocenters. The predicted molar refractivity (Wildman–Crippen MR) is 81.0 cm³/mol. The average Bonchev–Trinajstić information content (AvgIpc) is 2.45. The van der Waals surface area contributed by atoms with Gasteiger partial charge in [0.05, 0.1) is 13.2 Å². The molecule has 0 aromatic rings. The Morgan fingerprint density at radius 1 is 1.35 bits per heavy atom. The number of ether oxygens (including phenoxy) is 1. The summed E-state index contributed by atoms with van der Waals surface area (Å²) in [6, 6.07) is 0.824. The maximum Gasteiger partial charge on any atom is 0.303 e. The summed E-state index contributed by atoms with van der Waals surface area (Å²) in [6.07, 6.45) is 8.74. The van der Waals surface area contributed by atoms with Crippen molar-refractivity contribution in [3.8, 4) is 0 Å². The van der Waals surface area contributed by atoms with Crippen molar-refractivity contribution in [3.63, 3.8) is 0 Å². The van der Waals surface area contributed by atoms with Crippen molar-refractivity contribution in [1.82, 2.24) is 4.90 Å². The van der Waals surface area contributed by atoms with Gasteiger partial charge in [-0.15, -0.1) is 0 Å². The Balaban J connectivity index is 2.29. The summed E-state index contributed by atoms with van der Waals surface area (Å²) < 4.78 is 5.52. The minimum atomic E-state index is -0.706. The summed E-state index contributed by atoms with van der Waals surface area (Å²) >= 11 is 0. The van der Waals surface area contributed by atoms with Gasteiger partial charge < -0.3 is 9.84 Å². The lowest BCUT2D eigenvalue weighted by Crippen LogP contribution is -2.49. The van der Waals surface area contributed by atoms with Crippen molar-refractivity contribution in [2.24, 2.45) is 0 Å². The maximum absolute atomic E-state index is 10.7. The monoisotopic (exact) mass is 285 g/mol. The molecule has 4 nitrogen and oxygen atoms in total. The predicted octanol–water partition coefficient (Wildman–Crippen LogP) is 3.30. The second-order valence-corrected chi connectivity index (χ2v) is 5.95. The van der Waals surface area contributed by atoms with Crippen molar-refractivity contribution >= 4 is 5.97 Å². The van der Waals surface area contributed by atoms with Crippen LogP contribution in [0.5, 0.6) is 0 Å². The summed E-state index contributed by atoms with van der Waals surface area (Å²) in [5.41, 5.74) is 0. The topological polar surface area (TPSA) is 49.8 Å². The lowest BCUT2D eigenvalue weighted by molar-refractivity contribution is -0.137. The molecule has 1 N–H and O–H groups in total. The van der Waals surface area contributed by atoms with Gasteiger partial charge >= 0.3 is 5.97 Å². The van der Waals surface area contributed by atoms with Gasteiger partial charge in [0, 0.05) is 25.0 Å². The second-order valence-electron chi connectivity index (χ2n) is 5.95. The van der Waals surface area contributed by atoms with Crippen LogP contribution in [0.1, 0.15) is 65.2 Å². The van der Waals surface area contributed by atoms with Crippen LogP contribution in [0.3, 0.4) is 0 Å². The molecule has 1 rings (SSSR count). The van der Waals surface area contributed by atoms with Gasteiger partial charge in [0.25, 0.3) is 0 Å². The van der Waals surface area contributed by atoms with Gasteiger partial charge in [-0.1, -0.05) is 39.0 Å². The molecule has 20 heavy (non-hydrogen) atoms. The van der Waals surface area contributed by atoms with Crippen LogP contribution in [0.25, 0.3) is 0 Å². The van der Waals surface area contributed by atoms with Crippen molar-refractivity contribution < 1.29 is 14.6 Å². The van der Waals surface area contributed by atoms with Gasteiger partial charge in [-0.2, -0.15) is 0 Å². The first-order chi connectivity index (χ1) is 9.65. The van der Waals surface area contributed by atoms with Crippen LogP contribution >= 0.6 is 0 Å². The molecule has 118 valence electrons. The van der Waals surface area contributed by atoms with Crippen LogP contribution in [-0.4, -0.2) is 47.8 Å². The molecule has 0 spiro atoms. The highest BCUT2D eigenvalue weighted by Crippen LogP contribution is 2.19. The Bertz CT molecular complexity index is 270. The molecule has 4 heteroatoms. The third-order valence-electron chi connectivity index (χ3n) is 4.26. The first-order valence-electron chi connectivity index (χ1n) is 8.20. The molecule has 1 aliphatic rings. The van der Waals surface area contributed by atoms with E-state index in [-0.39, 0.29) is 12.5 Å². The molecule has 0 aromatic carbocycles. The van der Waals surface area contributed by atoms with E-state index < -0.39 is 5.97 Å². The first-order valence-corrected chi connectivity index (χ1v) is 8.20. The van der Waals surface area contributed by atoms with E-state index in [9.17, 15) is 4.79 Å². The molecule has 0 aromatic heterocycles. The molecule has 1 unspecified atom stereocenters. The fraction of sp³-hybridized carbons (Fsp3) is 0.938. The third kappa shape index (κ3) is 6.71. The Hall–Kier alpha value is -0.610. The number of morpholine rings is 1. The average molecular weight is 285 g/mol. The summed E-state index contributed by atoms with van der Waals surface area (Å²) in [5, 5.41) is 8.83. The van der Waals surface area contributed by atoms with Crippen LogP contribution in [0, 0.1) is 0 Å². The summed E-state index contributed by atoms with van der Waals surface area (Å²) in [7, 11) is 0. The lowest BCUT2D eigenvalue weighted by atomic mass is 10.0. The highest BCUT2D eigenvalue weighted by atomic mass is 16.5. The number of unbranched alkanes of at least 4 members (excludes halogenated alkanes) is 4. The Labute approximate surface area is 123 Å². The van der Waals surface area contributed by atoms with Crippen LogP contribution in [-0.2, 0) is 9.53 Å². The minimum absolute atomic E-state index is 0.244. The second kappa shape index (κ2) is 10.2. The van der Waals surface area contributed by atoms with Gasteiger partial charge in [-0.3, -0.25) is 9.69 Å². The first kappa shape index (κ1) is 17.4. The quantitative estimate of drug-likeness (QED) is 0.626. The zero-order valence-corrected chi connectivity index (χ0v) is 13.1. The van der Waals surface area contributed by atoms with E-state index in [0.29, 0.717) is 19.1 Å². The Morgan fingerprint density at radius 3 is 2.80 bits per heavy atom. The van der Waals surface area contributed by atoms with E-state index >= 15 is 0 Å². The van der Waals surface area contributed by atoms with E-state index in [1.165, 1.54) is 38.5 Å². The summed E-state index contributed by atoms with van der Waals surface area (Å²) in [6.45, 7) is 6.93. The zero-order chi connectivity index (χ0) is 14.8. The molecule has 0 bridgehead atoms. The number of carboxylic acid groups (broad SMARTS) is 1. The van der Waals surface area contributed by atoms with E-state index in [1.54, 1.807) is 0 Å². The molecule has 0 amide bonds. The highest BCUT2D eigenvalue weighted by Gasteiger charge is 2.27. The molecular weight excluding hydrogens is 254 g/mol. The number of nitrogens with zero attached hydrogens (tertiary/aromatic N) is 1. The minimum Gasteiger partial charge on any atom is -0.481 e. The summed E-state index contributed by atoms with van der Waals surface area (Å²) in [4.78, 5) is 13.2. The number of aliphatic carboxylic acids is 1. The van der Waals surface area contributed by atoms with Crippen molar-refractivity contribution in [1.29, 1.82) is 0 Å². The standard InChI is InChI=1S/C16H31NO3/c1-3-4-5-6-7-8-14(2)17-11-12-20-13-15(17)9-10-16(18)19/h14-15H,3-13H2,1-2H3,(H,18,19)/t14?,15-/m1/s1. The molecule has 1 heterocycles. The van der Waals surface area contributed by atoms with Gasteiger partial charge in [0.15, 0.2) is 0 Å². The molecule has 0 aliphatic carbocycles. The molecule has 1 fully saturated rings. The molecule has 1 aliphatic heterocycles. The van der Waals surface area contributed by atoms with Crippen LogP contribution in [0.4, 0.5) is 0 Å². The highest BCUT2D eigenvalue weighted by molar-refractivity contribution is 5.66. The summed E-state index contributed by atoms with van der Waals surface area (Å²) in [5.74, 6) is -0.706. The van der Waals surface area contributed by atoms with E-state index in [4.69, 9.17) is 9.84 Å². The lowest BCUT2D eigenvalue weighted by Gasteiger charge is -2.39. The Morgan fingerprint density at radius 2 is 2.10 bits per heavy atom. The van der Waals surface area contributed by atoms with Gasteiger partial charge in [-0.05, 0) is 19.8 Å². The fourth-order valence-electron chi connectivity index (χ4n) is 3.00. The maximum atomic E-state index is 10.7. The SMILES string of the molecule is CCCCCCCC(C)N1CCOC[C@H]1CCC(=O)O. The smallest absolute Gasteiger partial charge is 0.303 e. The van der Waals surface area contributed by atoms with E-state index in [2.05, 4.69) is 18.7 Å². The zero-order valence-electron chi connectivity index (χ0n) is 13.1. The van der Waals surface area contributed by atoms with Crippen LogP contribution < -0.4 is 0 Å².